The highest BCUT2D eigenvalue weighted by molar-refractivity contribution is 9.11. The van der Waals surface area contributed by atoms with Crippen molar-refractivity contribution in [2.75, 3.05) is 0 Å². The molecule has 1 N–H and O–H groups in total. The maximum Gasteiger partial charge on any atom is 0.285 e. The quantitative estimate of drug-likeness (QED) is 0.218. The predicted octanol–water partition coefficient (Wildman–Crippen LogP) is 7.44. The van der Waals surface area contributed by atoms with Gasteiger partial charge in [0.1, 0.15) is 18.2 Å². The zero-order chi connectivity index (χ0) is 26.0. The first-order valence-electron chi connectivity index (χ1n) is 10.3. The number of aryl methyl sites for hydroxylation is 1. The molecule has 5 nitrogen and oxygen atoms in total. The normalized spacial score (nSPS) is 14.5. The Bertz CT molecular complexity index is 1410. The van der Waals surface area contributed by atoms with Crippen LogP contribution >= 0.6 is 67.4 Å². The SMILES string of the molecule is Cc1ccc(C(=O)NN2C(=O)/C(=C\c3cc(Br)c(OCc4ccccc4F)c(Br)c3)SC2=S)c(Cl)c1. The van der Waals surface area contributed by atoms with Crippen LogP contribution in [0.3, 0.4) is 0 Å². The fourth-order valence-corrected chi connectivity index (χ4v) is 6.20. The molecule has 184 valence electrons. The molecule has 3 aromatic carbocycles. The van der Waals surface area contributed by atoms with Gasteiger partial charge < -0.3 is 4.74 Å². The van der Waals surface area contributed by atoms with Gasteiger partial charge in [0.25, 0.3) is 11.8 Å². The number of thioether (sulfide) groups is 1. The smallest absolute Gasteiger partial charge is 0.285 e. The van der Waals surface area contributed by atoms with E-state index < -0.39 is 11.8 Å². The summed E-state index contributed by atoms with van der Waals surface area (Å²) in [6.07, 6.45) is 1.65. The second-order valence-electron chi connectivity index (χ2n) is 7.64. The van der Waals surface area contributed by atoms with Crippen LogP contribution in [0.5, 0.6) is 5.75 Å². The number of nitrogens with zero attached hydrogens (tertiary/aromatic N) is 1. The Morgan fingerprint density at radius 3 is 2.56 bits per heavy atom. The summed E-state index contributed by atoms with van der Waals surface area (Å²) in [5.41, 5.74) is 4.78. The molecule has 1 aliphatic heterocycles. The third-order valence-corrected chi connectivity index (χ3v) is 7.82. The first-order chi connectivity index (χ1) is 17.1. The van der Waals surface area contributed by atoms with Gasteiger partial charge in [0, 0.05) is 5.56 Å². The molecule has 1 heterocycles. The Morgan fingerprint density at radius 1 is 1.19 bits per heavy atom. The topological polar surface area (TPSA) is 58.6 Å². The number of nitrogens with one attached hydrogen (secondary N) is 1. The number of carbonyl (C=O) groups is 2. The van der Waals surface area contributed by atoms with Crippen molar-refractivity contribution in [2.45, 2.75) is 13.5 Å². The molecule has 0 radical (unpaired) electrons. The second-order valence-corrected chi connectivity index (χ2v) is 11.4. The van der Waals surface area contributed by atoms with Gasteiger partial charge in [-0.3, -0.25) is 15.0 Å². The van der Waals surface area contributed by atoms with Crippen molar-refractivity contribution < 1.29 is 18.7 Å². The van der Waals surface area contributed by atoms with Crippen LogP contribution in [-0.2, 0) is 11.4 Å². The highest BCUT2D eigenvalue weighted by Crippen LogP contribution is 2.38. The van der Waals surface area contributed by atoms with Gasteiger partial charge in [0.05, 0.1) is 24.4 Å². The number of rotatable bonds is 6. The summed E-state index contributed by atoms with van der Waals surface area (Å²) in [6.45, 7) is 1.91. The minimum absolute atomic E-state index is 0.0482. The number of hydrazine groups is 1. The van der Waals surface area contributed by atoms with Crippen molar-refractivity contribution in [3.63, 3.8) is 0 Å². The summed E-state index contributed by atoms with van der Waals surface area (Å²) in [6, 6.07) is 14.9. The number of hydrogen-bond donors (Lipinski definition) is 1. The van der Waals surface area contributed by atoms with Crippen molar-refractivity contribution in [3.8, 4) is 5.75 Å². The molecule has 0 unspecified atom stereocenters. The standard InChI is InChI=1S/C25H16Br2ClFN2O3S2/c1-13-6-7-16(19(28)8-13)23(32)30-31-24(33)21(36-25(31)35)11-14-9-17(26)22(18(27)10-14)34-12-15-4-2-3-5-20(15)29/h2-11H,12H2,1H3,(H,30,32)/b21-11+. The molecular formula is C25H16Br2ClFN2O3S2. The molecule has 0 bridgehead atoms. The lowest BCUT2D eigenvalue weighted by molar-refractivity contribution is -0.123. The molecule has 36 heavy (non-hydrogen) atoms. The van der Waals surface area contributed by atoms with E-state index in [2.05, 4.69) is 37.3 Å². The van der Waals surface area contributed by atoms with E-state index in [-0.39, 0.29) is 27.3 Å². The Balaban J connectivity index is 1.49. The molecule has 0 aromatic heterocycles. The number of thiocarbonyl (C=S) groups is 1. The van der Waals surface area contributed by atoms with E-state index in [1.807, 2.05) is 6.92 Å². The van der Waals surface area contributed by atoms with Crippen molar-refractivity contribution in [2.24, 2.45) is 0 Å². The number of halogens is 4. The lowest BCUT2D eigenvalue weighted by Crippen LogP contribution is -2.44. The van der Waals surface area contributed by atoms with E-state index in [1.165, 1.54) is 6.07 Å². The van der Waals surface area contributed by atoms with Crippen molar-refractivity contribution >= 4 is 89.7 Å². The van der Waals surface area contributed by atoms with Gasteiger partial charge in [-0.2, -0.15) is 5.01 Å². The number of ether oxygens (including phenoxy) is 1. The minimum Gasteiger partial charge on any atom is -0.486 e. The van der Waals surface area contributed by atoms with E-state index in [1.54, 1.807) is 54.6 Å². The molecule has 1 fully saturated rings. The highest BCUT2D eigenvalue weighted by atomic mass is 79.9. The van der Waals surface area contributed by atoms with E-state index in [4.69, 9.17) is 28.6 Å². The third kappa shape index (κ3) is 6.00. The second kappa shape index (κ2) is 11.4. The van der Waals surface area contributed by atoms with Crippen LogP contribution < -0.4 is 10.2 Å². The lowest BCUT2D eigenvalue weighted by atomic mass is 10.1. The van der Waals surface area contributed by atoms with Gasteiger partial charge >= 0.3 is 0 Å². The molecule has 11 heteroatoms. The van der Waals surface area contributed by atoms with Crippen LogP contribution in [0.4, 0.5) is 4.39 Å². The minimum atomic E-state index is -0.542. The molecular weight excluding hydrogens is 655 g/mol. The molecule has 4 rings (SSSR count). The molecule has 0 atom stereocenters. The van der Waals surface area contributed by atoms with Gasteiger partial charge in [-0.05, 0) is 98.5 Å². The first kappa shape index (κ1) is 26.8. The summed E-state index contributed by atoms with van der Waals surface area (Å²) in [5.74, 6) is -0.863. The number of hydrogen-bond acceptors (Lipinski definition) is 5. The Kier molecular flexibility index (Phi) is 8.52. The molecule has 1 aliphatic rings. The van der Waals surface area contributed by atoms with Crippen LogP contribution in [0, 0.1) is 12.7 Å². The number of amides is 2. The summed E-state index contributed by atoms with van der Waals surface area (Å²) in [7, 11) is 0. The zero-order valence-corrected chi connectivity index (χ0v) is 24.0. The summed E-state index contributed by atoms with van der Waals surface area (Å²) in [5, 5.41) is 1.31. The van der Waals surface area contributed by atoms with E-state index >= 15 is 0 Å². The third-order valence-electron chi connectivity index (χ3n) is 5.02. The molecule has 2 amide bonds. The van der Waals surface area contributed by atoms with Crippen molar-refractivity contribution in [3.05, 3.63) is 102 Å². The maximum absolute atomic E-state index is 13.9. The van der Waals surface area contributed by atoms with Crippen LogP contribution in [0.15, 0.2) is 68.4 Å². The Labute approximate surface area is 238 Å². The average Bonchev–Trinajstić information content (AvgIpc) is 3.06. The van der Waals surface area contributed by atoms with Crippen LogP contribution in [0.2, 0.25) is 5.02 Å². The largest absolute Gasteiger partial charge is 0.486 e. The van der Waals surface area contributed by atoms with E-state index in [0.29, 0.717) is 30.7 Å². The maximum atomic E-state index is 13.9. The number of benzene rings is 3. The Hall–Kier alpha value is -2.24. The molecule has 1 saturated heterocycles. The van der Waals surface area contributed by atoms with Gasteiger partial charge in [-0.25, -0.2) is 4.39 Å². The fraction of sp³-hybridized carbons (Fsp3) is 0.0800. The summed E-state index contributed by atoms with van der Waals surface area (Å²) < 4.78 is 21.1. The lowest BCUT2D eigenvalue weighted by Gasteiger charge is -2.16. The molecule has 0 saturated carbocycles. The Morgan fingerprint density at radius 2 is 1.89 bits per heavy atom. The van der Waals surface area contributed by atoms with E-state index in [9.17, 15) is 14.0 Å². The fourth-order valence-electron chi connectivity index (χ4n) is 3.25. The number of carbonyl (C=O) groups excluding carboxylic acids is 2. The molecule has 0 aliphatic carbocycles. The van der Waals surface area contributed by atoms with Gasteiger partial charge in [-0.15, -0.1) is 0 Å². The van der Waals surface area contributed by atoms with Gasteiger partial charge in [0.2, 0.25) is 0 Å². The van der Waals surface area contributed by atoms with E-state index in [0.717, 1.165) is 22.3 Å². The van der Waals surface area contributed by atoms with Crippen LogP contribution in [-0.4, -0.2) is 21.1 Å². The van der Waals surface area contributed by atoms with Gasteiger partial charge in [-0.1, -0.05) is 47.6 Å². The summed E-state index contributed by atoms with van der Waals surface area (Å²) in [4.78, 5) is 26.0. The average molecular weight is 671 g/mol. The van der Waals surface area contributed by atoms with Crippen molar-refractivity contribution in [1.29, 1.82) is 0 Å². The zero-order valence-electron chi connectivity index (χ0n) is 18.5. The van der Waals surface area contributed by atoms with Gasteiger partial charge in [0.15, 0.2) is 4.32 Å². The summed E-state index contributed by atoms with van der Waals surface area (Å²) >= 11 is 19.5. The van der Waals surface area contributed by atoms with Crippen LogP contribution in [0.25, 0.3) is 6.08 Å². The molecule has 3 aromatic rings. The predicted molar refractivity (Wildman–Crippen MR) is 151 cm³/mol. The molecule has 0 spiro atoms. The van der Waals surface area contributed by atoms with Crippen molar-refractivity contribution in [1.82, 2.24) is 10.4 Å². The monoisotopic (exact) mass is 668 g/mol. The highest BCUT2D eigenvalue weighted by Gasteiger charge is 2.34. The van der Waals surface area contributed by atoms with Crippen LogP contribution in [0.1, 0.15) is 27.0 Å². The first-order valence-corrected chi connectivity index (χ1v) is 13.5.